The topological polar surface area (TPSA) is 87.7 Å². The van der Waals surface area contributed by atoms with E-state index in [9.17, 15) is 4.79 Å². The Labute approximate surface area is 105 Å². The number of carbonyl (C=O) groups excluding carboxylic acids is 1. The van der Waals surface area contributed by atoms with Gasteiger partial charge in [-0.15, -0.1) is 0 Å². The van der Waals surface area contributed by atoms with Gasteiger partial charge in [0.2, 0.25) is 5.91 Å². The molecule has 0 spiro atoms. The molecule has 1 heterocycles. The van der Waals surface area contributed by atoms with Crippen LogP contribution in [0.15, 0.2) is 5.16 Å². The molecule has 1 amide bonds. The van der Waals surface area contributed by atoms with E-state index < -0.39 is 5.41 Å². The van der Waals surface area contributed by atoms with Crippen LogP contribution in [-0.2, 0) is 4.79 Å². The van der Waals surface area contributed by atoms with Crippen LogP contribution >= 0.6 is 11.8 Å². The van der Waals surface area contributed by atoms with Gasteiger partial charge in [-0.1, -0.05) is 11.6 Å². The molecule has 17 heavy (non-hydrogen) atoms. The van der Waals surface area contributed by atoms with Crippen molar-refractivity contribution in [3.8, 4) is 0 Å². The smallest absolute Gasteiger partial charge is 0.234 e. The molecule has 1 saturated heterocycles. The molecule has 1 aliphatic heterocycles. The van der Waals surface area contributed by atoms with E-state index in [4.69, 9.17) is 10.9 Å². The first kappa shape index (κ1) is 12.5. The van der Waals surface area contributed by atoms with Crippen molar-refractivity contribution in [2.24, 2.45) is 16.3 Å². The van der Waals surface area contributed by atoms with Crippen LogP contribution in [0.4, 0.5) is 0 Å². The molecule has 0 aromatic rings. The zero-order valence-corrected chi connectivity index (χ0v) is 10.6. The molecule has 6 heteroatoms. The molecule has 5 nitrogen and oxygen atoms in total. The summed E-state index contributed by atoms with van der Waals surface area (Å²) >= 11 is 1.92. The highest BCUT2D eigenvalue weighted by atomic mass is 32.2. The standard InChI is InChI=1S/C11H19N3O2S/c12-9(14-16)11(4-1-5-11)10(15)13-8-2-6-17-7-3-8/h8,16H,1-7H2,(H2,12,14)(H,13,15). The summed E-state index contributed by atoms with van der Waals surface area (Å²) in [6.07, 6.45) is 4.38. The van der Waals surface area contributed by atoms with Crippen molar-refractivity contribution < 1.29 is 10.0 Å². The number of thioether (sulfide) groups is 1. The van der Waals surface area contributed by atoms with Crippen LogP contribution in [0.25, 0.3) is 0 Å². The number of hydrogen-bond donors (Lipinski definition) is 3. The Hall–Kier alpha value is -0.910. The second kappa shape index (κ2) is 5.16. The number of hydrogen-bond acceptors (Lipinski definition) is 4. The molecule has 2 aliphatic rings. The van der Waals surface area contributed by atoms with E-state index in [1.807, 2.05) is 11.8 Å². The van der Waals surface area contributed by atoms with E-state index in [1.54, 1.807) is 0 Å². The first-order chi connectivity index (χ1) is 8.19. The molecular weight excluding hydrogens is 238 g/mol. The molecule has 2 fully saturated rings. The Kier molecular flexibility index (Phi) is 3.81. The predicted octanol–water partition coefficient (Wildman–Crippen LogP) is 0.915. The van der Waals surface area contributed by atoms with Crippen molar-refractivity contribution in [2.75, 3.05) is 11.5 Å². The van der Waals surface area contributed by atoms with Crippen LogP contribution in [0.5, 0.6) is 0 Å². The number of nitrogens with two attached hydrogens (primary N) is 1. The van der Waals surface area contributed by atoms with Gasteiger partial charge in [0.1, 0.15) is 5.41 Å². The normalized spacial score (nSPS) is 25.1. The third-order valence-corrected chi connectivity index (χ3v) is 4.85. The molecule has 0 bridgehead atoms. The van der Waals surface area contributed by atoms with Gasteiger partial charge in [0, 0.05) is 6.04 Å². The van der Waals surface area contributed by atoms with Crippen LogP contribution < -0.4 is 11.1 Å². The summed E-state index contributed by atoms with van der Waals surface area (Å²) in [5, 5.41) is 14.8. The quantitative estimate of drug-likeness (QED) is 0.303. The molecule has 0 radical (unpaired) electrons. The lowest BCUT2D eigenvalue weighted by Gasteiger charge is -2.40. The van der Waals surface area contributed by atoms with Gasteiger partial charge in [0.25, 0.3) is 0 Å². The summed E-state index contributed by atoms with van der Waals surface area (Å²) in [4.78, 5) is 12.2. The number of amidine groups is 1. The summed E-state index contributed by atoms with van der Waals surface area (Å²) in [5.41, 5.74) is 4.92. The number of rotatable bonds is 3. The molecule has 0 unspecified atom stereocenters. The summed E-state index contributed by atoms with van der Waals surface area (Å²) in [5.74, 6) is 2.20. The highest BCUT2D eigenvalue weighted by Gasteiger charge is 2.48. The monoisotopic (exact) mass is 257 g/mol. The van der Waals surface area contributed by atoms with Gasteiger partial charge in [-0.2, -0.15) is 11.8 Å². The van der Waals surface area contributed by atoms with Gasteiger partial charge in [-0.25, -0.2) is 0 Å². The van der Waals surface area contributed by atoms with Crippen molar-refractivity contribution in [2.45, 2.75) is 38.1 Å². The molecule has 0 atom stereocenters. The zero-order chi connectivity index (χ0) is 12.3. The lowest BCUT2D eigenvalue weighted by atomic mass is 9.67. The first-order valence-corrected chi connectivity index (χ1v) is 7.21. The van der Waals surface area contributed by atoms with Crippen molar-refractivity contribution in [3.63, 3.8) is 0 Å². The number of carbonyl (C=O) groups is 1. The Morgan fingerprint density at radius 3 is 2.53 bits per heavy atom. The van der Waals surface area contributed by atoms with Gasteiger partial charge >= 0.3 is 0 Å². The number of nitrogens with zero attached hydrogens (tertiary/aromatic N) is 1. The summed E-state index contributed by atoms with van der Waals surface area (Å²) in [7, 11) is 0. The first-order valence-electron chi connectivity index (χ1n) is 6.06. The average molecular weight is 257 g/mol. The van der Waals surface area contributed by atoms with Crippen molar-refractivity contribution in [1.82, 2.24) is 5.32 Å². The van der Waals surface area contributed by atoms with E-state index in [0.717, 1.165) is 30.8 Å². The lowest BCUT2D eigenvalue weighted by Crippen LogP contribution is -2.56. The van der Waals surface area contributed by atoms with Gasteiger partial charge < -0.3 is 16.3 Å². The minimum Gasteiger partial charge on any atom is -0.409 e. The predicted molar refractivity (Wildman–Crippen MR) is 68.2 cm³/mol. The molecule has 0 aromatic carbocycles. The molecule has 0 aromatic heterocycles. The zero-order valence-electron chi connectivity index (χ0n) is 9.82. The largest absolute Gasteiger partial charge is 0.409 e. The SMILES string of the molecule is NC(=NO)C1(C(=O)NC2CCSCC2)CCC1. The van der Waals surface area contributed by atoms with E-state index in [1.165, 1.54) is 0 Å². The molecule has 96 valence electrons. The van der Waals surface area contributed by atoms with E-state index >= 15 is 0 Å². The third-order valence-electron chi connectivity index (χ3n) is 3.80. The maximum Gasteiger partial charge on any atom is 0.234 e. The Bertz CT molecular complexity index is 323. The minimum atomic E-state index is -0.737. The van der Waals surface area contributed by atoms with Gasteiger partial charge in [0.05, 0.1) is 0 Å². The van der Waals surface area contributed by atoms with Gasteiger partial charge in [-0.3, -0.25) is 4.79 Å². The van der Waals surface area contributed by atoms with Crippen LogP contribution in [0, 0.1) is 5.41 Å². The Morgan fingerprint density at radius 1 is 1.41 bits per heavy atom. The van der Waals surface area contributed by atoms with E-state index in [2.05, 4.69) is 10.5 Å². The highest BCUT2D eigenvalue weighted by Crippen LogP contribution is 2.41. The molecular formula is C11H19N3O2S. The van der Waals surface area contributed by atoms with Crippen LogP contribution in [-0.4, -0.2) is 34.5 Å². The third kappa shape index (κ3) is 2.36. The van der Waals surface area contributed by atoms with Crippen molar-refractivity contribution >= 4 is 23.5 Å². The fourth-order valence-corrected chi connectivity index (χ4v) is 3.50. The number of amides is 1. The molecule has 2 rings (SSSR count). The summed E-state index contributed by atoms with van der Waals surface area (Å²) in [6.45, 7) is 0. The van der Waals surface area contributed by atoms with Crippen LogP contribution in [0.3, 0.4) is 0 Å². The van der Waals surface area contributed by atoms with Crippen LogP contribution in [0.2, 0.25) is 0 Å². The fraction of sp³-hybridized carbons (Fsp3) is 0.818. The lowest BCUT2D eigenvalue weighted by molar-refractivity contribution is -0.131. The van der Waals surface area contributed by atoms with Crippen molar-refractivity contribution in [3.05, 3.63) is 0 Å². The molecule has 1 aliphatic carbocycles. The minimum absolute atomic E-state index is 0.0593. The van der Waals surface area contributed by atoms with Crippen molar-refractivity contribution in [1.29, 1.82) is 0 Å². The number of oxime groups is 1. The Morgan fingerprint density at radius 2 is 2.06 bits per heavy atom. The van der Waals surface area contributed by atoms with E-state index in [0.29, 0.717) is 12.8 Å². The van der Waals surface area contributed by atoms with Crippen LogP contribution in [0.1, 0.15) is 32.1 Å². The average Bonchev–Trinajstić information content (AvgIpc) is 2.28. The van der Waals surface area contributed by atoms with E-state index in [-0.39, 0.29) is 17.8 Å². The van der Waals surface area contributed by atoms with Gasteiger partial charge in [-0.05, 0) is 37.2 Å². The number of nitrogens with one attached hydrogen (secondary N) is 1. The molecule has 1 saturated carbocycles. The second-order valence-corrected chi connectivity index (χ2v) is 6.01. The highest BCUT2D eigenvalue weighted by molar-refractivity contribution is 7.99. The maximum atomic E-state index is 12.2. The summed E-state index contributed by atoms with van der Waals surface area (Å²) in [6, 6.07) is 0.257. The van der Waals surface area contributed by atoms with Gasteiger partial charge in [0.15, 0.2) is 5.84 Å². The molecule has 4 N–H and O–H groups in total. The fourth-order valence-electron chi connectivity index (χ4n) is 2.39. The second-order valence-electron chi connectivity index (χ2n) is 4.78. The Balaban J connectivity index is 1.98. The maximum absolute atomic E-state index is 12.2. The summed E-state index contributed by atoms with van der Waals surface area (Å²) < 4.78 is 0.